The lowest BCUT2D eigenvalue weighted by atomic mass is 9.82. The van der Waals surface area contributed by atoms with Crippen LogP contribution in [0.2, 0.25) is 0 Å². The Labute approximate surface area is 297 Å². The van der Waals surface area contributed by atoms with E-state index in [0.29, 0.717) is 0 Å². The number of hydrogen-bond donors (Lipinski definition) is 0. The van der Waals surface area contributed by atoms with E-state index in [4.69, 9.17) is 4.42 Å². The first-order valence-corrected chi connectivity index (χ1v) is 17.7. The molecule has 0 saturated carbocycles. The fourth-order valence-electron chi connectivity index (χ4n) is 8.32. The van der Waals surface area contributed by atoms with E-state index in [-0.39, 0.29) is 5.41 Å². The van der Waals surface area contributed by atoms with Gasteiger partial charge in [-0.2, -0.15) is 0 Å². The van der Waals surface area contributed by atoms with Crippen molar-refractivity contribution in [1.82, 2.24) is 0 Å². The molecule has 0 fully saturated rings. The van der Waals surface area contributed by atoms with E-state index < -0.39 is 0 Å². The third-order valence-corrected chi connectivity index (χ3v) is 10.8. The number of nitrogens with zero attached hydrogens (tertiary/aromatic N) is 1. The molecule has 242 valence electrons. The van der Waals surface area contributed by atoms with Gasteiger partial charge >= 0.3 is 0 Å². The Balaban J connectivity index is 1.23. The first-order chi connectivity index (χ1) is 25.0. The second kappa shape index (κ2) is 11.3. The second-order valence-corrected chi connectivity index (χ2v) is 14.1. The molecule has 51 heavy (non-hydrogen) atoms. The maximum atomic E-state index is 6.48. The number of anilines is 3. The van der Waals surface area contributed by atoms with Gasteiger partial charge in [-0.1, -0.05) is 135 Å². The number of rotatable bonds is 5. The van der Waals surface area contributed by atoms with Crippen LogP contribution in [-0.2, 0) is 5.41 Å². The molecule has 1 aliphatic rings. The van der Waals surface area contributed by atoms with Gasteiger partial charge in [0, 0.05) is 38.9 Å². The van der Waals surface area contributed by atoms with Crippen molar-refractivity contribution in [2.75, 3.05) is 4.90 Å². The molecule has 1 aromatic heterocycles. The molecule has 2 nitrogen and oxygen atoms in total. The molecule has 0 unspecified atom stereocenters. The topological polar surface area (TPSA) is 16.4 Å². The molecule has 8 aromatic carbocycles. The SMILES string of the molecule is CC1(C)c2ccccc2-c2cc3c(N(c4ccc5c(c4)oc4ccccc45)c4ccccc4-c4cccc(-c5ccccc5)c4)cccc3cc21. The lowest BCUT2D eigenvalue weighted by Crippen LogP contribution is -2.15. The van der Waals surface area contributed by atoms with E-state index in [1.165, 1.54) is 49.7 Å². The fraction of sp³-hybridized carbons (Fsp3) is 0.0612. The van der Waals surface area contributed by atoms with E-state index in [2.05, 4.69) is 183 Å². The Morgan fingerprint density at radius 1 is 0.412 bits per heavy atom. The Kier molecular flexibility index (Phi) is 6.56. The first-order valence-electron chi connectivity index (χ1n) is 17.7. The predicted molar refractivity (Wildman–Crippen MR) is 214 cm³/mol. The van der Waals surface area contributed by atoms with Crippen LogP contribution < -0.4 is 4.90 Å². The minimum atomic E-state index is -0.0709. The highest BCUT2D eigenvalue weighted by atomic mass is 16.3. The average molecular weight is 654 g/mol. The van der Waals surface area contributed by atoms with Crippen molar-refractivity contribution < 1.29 is 4.42 Å². The summed E-state index contributed by atoms with van der Waals surface area (Å²) in [7, 11) is 0. The summed E-state index contributed by atoms with van der Waals surface area (Å²) < 4.78 is 6.48. The molecule has 1 aliphatic carbocycles. The van der Waals surface area contributed by atoms with Gasteiger partial charge in [-0.3, -0.25) is 0 Å². The largest absolute Gasteiger partial charge is 0.456 e. The van der Waals surface area contributed by atoms with Gasteiger partial charge in [0.2, 0.25) is 0 Å². The first kappa shape index (κ1) is 29.5. The molecule has 0 radical (unpaired) electrons. The van der Waals surface area contributed by atoms with Crippen molar-refractivity contribution in [2.45, 2.75) is 19.3 Å². The van der Waals surface area contributed by atoms with Gasteiger partial charge in [0.15, 0.2) is 0 Å². The Hall–Kier alpha value is -6.38. The summed E-state index contributed by atoms with van der Waals surface area (Å²) >= 11 is 0. The van der Waals surface area contributed by atoms with Crippen LogP contribution in [0.4, 0.5) is 17.1 Å². The highest BCUT2D eigenvalue weighted by molar-refractivity contribution is 6.08. The normalized spacial score (nSPS) is 13.1. The van der Waals surface area contributed by atoms with Gasteiger partial charge in [0.25, 0.3) is 0 Å². The van der Waals surface area contributed by atoms with Crippen molar-refractivity contribution in [3.8, 4) is 33.4 Å². The Morgan fingerprint density at radius 3 is 2.00 bits per heavy atom. The van der Waals surface area contributed by atoms with E-state index in [1.54, 1.807) is 0 Å². The summed E-state index contributed by atoms with van der Waals surface area (Å²) in [5.41, 5.74) is 15.1. The van der Waals surface area contributed by atoms with Gasteiger partial charge in [-0.05, 0) is 92.9 Å². The van der Waals surface area contributed by atoms with Crippen LogP contribution in [0.3, 0.4) is 0 Å². The Bertz CT molecular complexity index is 2790. The zero-order valence-corrected chi connectivity index (χ0v) is 28.6. The number of para-hydroxylation sites is 2. The maximum absolute atomic E-state index is 6.48. The van der Waals surface area contributed by atoms with Crippen molar-refractivity contribution in [1.29, 1.82) is 0 Å². The maximum Gasteiger partial charge on any atom is 0.137 e. The summed E-state index contributed by atoms with van der Waals surface area (Å²) in [4.78, 5) is 2.43. The standard InChI is InChI=1S/C49H35NO/c1-49(2)43-22-9-6-20-38(43)42-31-41-35(29-44(42)49)18-13-24-46(41)50(36-26-27-40-39-21-8-11-25-47(39)51-48(40)30-36)45-23-10-7-19-37(45)34-17-12-16-33(28-34)32-14-4-3-5-15-32/h3-31H,1-2H3. The summed E-state index contributed by atoms with van der Waals surface area (Å²) in [5.74, 6) is 0. The van der Waals surface area contributed by atoms with Crippen molar-refractivity contribution in [3.05, 3.63) is 187 Å². The van der Waals surface area contributed by atoms with Crippen LogP contribution in [-0.4, -0.2) is 0 Å². The minimum absolute atomic E-state index is 0.0709. The van der Waals surface area contributed by atoms with Gasteiger partial charge in [-0.25, -0.2) is 0 Å². The number of hydrogen-bond acceptors (Lipinski definition) is 2. The average Bonchev–Trinajstić information content (AvgIpc) is 3.66. The van der Waals surface area contributed by atoms with Crippen molar-refractivity contribution in [3.63, 3.8) is 0 Å². The summed E-state index contributed by atoms with van der Waals surface area (Å²) in [6.45, 7) is 4.70. The van der Waals surface area contributed by atoms with E-state index in [9.17, 15) is 0 Å². The molecule has 0 N–H and O–H groups in total. The van der Waals surface area contributed by atoms with E-state index in [0.717, 1.165) is 44.6 Å². The molecule has 0 atom stereocenters. The molecule has 0 amide bonds. The smallest absolute Gasteiger partial charge is 0.137 e. The molecule has 0 aliphatic heterocycles. The molecule has 1 heterocycles. The quantitative estimate of drug-likeness (QED) is 0.184. The van der Waals surface area contributed by atoms with Crippen LogP contribution >= 0.6 is 0 Å². The van der Waals surface area contributed by atoms with Gasteiger partial charge in [0.05, 0.1) is 11.4 Å². The monoisotopic (exact) mass is 653 g/mol. The Morgan fingerprint density at radius 2 is 1.10 bits per heavy atom. The molecule has 0 spiro atoms. The summed E-state index contributed by atoms with van der Waals surface area (Å²) in [6.07, 6.45) is 0. The number of benzene rings is 8. The fourth-order valence-corrected chi connectivity index (χ4v) is 8.32. The van der Waals surface area contributed by atoms with Gasteiger partial charge in [-0.15, -0.1) is 0 Å². The number of fused-ring (bicyclic) bond motifs is 7. The van der Waals surface area contributed by atoms with Gasteiger partial charge in [0.1, 0.15) is 11.2 Å². The zero-order chi connectivity index (χ0) is 34.1. The highest BCUT2D eigenvalue weighted by Crippen LogP contribution is 2.52. The van der Waals surface area contributed by atoms with Crippen LogP contribution in [0.5, 0.6) is 0 Å². The summed E-state index contributed by atoms with van der Waals surface area (Å²) in [5, 5.41) is 4.69. The minimum Gasteiger partial charge on any atom is -0.456 e. The predicted octanol–water partition coefficient (Wildman–Crippen LogP) is 13.8. The third kappa shape index (κ3) is 4.64. The molecule has 10 rings (SSSR count). The highest BCUT2D eigenvalue weighted by Gasteiger charge is 2.35. The zero-order valence-electron chi connectivity index (χ0n) is 28.6. The molecule has 0 bridgehead atoms. The van der Waals surface area contributed by atoms with Crippen LogP contribution in [0.15, 0.2) is 180 Å². The number of furan rings is 1. The second-order valence-electron chi connectivity index (χ2n) is 14.1. The van der Waals surface area contributed by atoms with Gasteiger partial charge < -0.3 is 9.32 Å². The van der Waals surface area contributed by atoms with Crippen LogP contribution in [0.25, 0.3) is 66.1 Å². The van der Waals surface area contributed by atoms with E-state index in [1.807, 2.05) is 12.1 Å². The van der Waals surface area contributed by atoms with Crippen LogP contribution in [0.1, 0.15) is 25.0 Å². The molecule has 2 heteroatoms. The lowest BCUT2D eigenvalue weighted by Gasteiger charge is -2.29. The lowest BCUT2D eigenvalue weighted by molar-refractivity contribution is 0.661. The molecular formula is C49H35NO. The van der Waals surface area contributed by atoms with Crippen LogP contribution in [0, 0.1) is 0 Å². The molecule has 9 aromatic rings. The summed E-state index contributed by atoms with van der Waals surface area (Å²) in [6, 6.07) is 63.7. The molecular weight excluding hydrogens is 619 g/mol. The van der Waals surface area contributed by atoms with E-state index >= 15 is 0 Å². The molecule has 0 saturated heterocycles. The van der Waals surface area contributed by atoms with Crippen molar-refractivity contribution in [2.24, 2.45) is 0 Å². The third-order valence-electron chi connectivity index (χ3n) is 10.8. The van der Waals surface area contributed by atoms with Crippen molar-refractivity contribution >= 4 is 49.8 Å².